The Bertz CT molecular complexity index is 931. The lowest BCUT2D eigenvalue weighted by Crippen LogP contribution is -2.49. The number of carboxylic acid groups (broad SMARTS) is 1. The van der Waals surface area contributed by atoms with Crippen LogP contribution in [-0.2, 0) is 17.5 Å². The van der Waals surface area contributed by atoms with Crippen LogP contribution in [0.1, 0.15) is 17.7 Å². The minimum Gasteiger partial charge on any atom is -0.480 e. The molecule has 3 rings (SSSR count). The molecule has 162 valence electrons. The van der Waals surface area contributed by atoms with E-state index in [9.17, 15) is 27.9 Å². The van der Waals surface area contributed by atoms with Crippen LogP contribution in [0.3, 0.4) is 0 Å². The molecule has 1 fully saturated rings. The van der Waals surface area contributed by atoms with Crippen molar-refractivity contribution < 1.29 is 37.7 Å². The van der Waals surface area contributed by atoms with E-state index in [2.05, 4.69) is 15.4 Å². The number of halogens is 3. The van der Waals surface area contributed by atoms with Gasteiger partial charge in [0.15, 0.2) is 0 Å². The molecule has 1 saturated heterocycles. The van der Waals surface area contributed by atoms with Crippen LogP contribution < -0.4 is 10.1 Å². The first-order valence-electron chi connectivity index (χ1n) is 8.73. The van der Waals surface area contributed by atoms with Crippen molar-refractivity contribution >= 4 is 12.0 Å². The summed E-state index contributed by atoms with van der Waals surface area (Å²) in [6, 6.07) is 0.764. The molecule has 1 aliphatic rings. The van der Waals surface area contributed by atoms with E-state index in [1.807, 2.05) is 0 Å². The van der Waals surface area contributed by atoms with Gasteiger partial charge in [-0.15, -0.1) is 5.10 Å². The van der Waals surface area contributed by atoms with E-state index in [0.29, 0.717) is 5.56 Å². The Balaban J connectivity index is 1.74. The molecule has 0 aliphatic carbocycles. The van der Waals surface area contributed by atoms with Crippen molar-refractivity contribution in [2.24, 2.45) is 0 Å². The number of hydrogen-bond acceptors (Lipinski definition) is 6. The van der Waals surface area contributed by atoms with Crippen molar-refractivity contribution in [1.82, 2.24) is 25.0 Å². The Hall–Kier alpha value is -3.35. The number of carbonyl (C=O) groups excluding carboxylic acids is 1. The van der Waals surface area contributed by atoms with Gasteiger partial charge in [-0.25, -0.2) is 14.5 Å². The SMILES string of the molecule is COc1nn(-c2ccc(C(F)(F)F)nc2)cc1CNC(=O)[C@@H]1[C@H](O)CCN1C(=O)O. The second-order valence-corrected chi connectivity index (χ2v) is 6.50. The summed E-state index contributed by atoms with van der Waals surface area (Å²) in [6.45, 7) is -0.0660. The zero-order valence-corrected chi connectivity index (χ0v) is 15.6. The first kappa shape index (κ1) is 21.4. The van der Waals surface area contributed by atoms with Gasteiger partial charge in [0.25, 0.3) is 0 Å². The minimum absolute atomic E-state index is 0.0385. The van der Waals surface area contributed by atoms with E-state index in [1.165, 1.54) is 24.1 Å². The summed E-state index contributed by atoms with van der Waals surface area (Å²) >= 11 is 0. The standard InChI is InChI=1S/C17H18F3N5O5/c1-30-15-9(6-22-14(27)13-11(26)4-5-24(13)16(28)29)8-25(23-15)10-2-3-12(21-7-10)17(18,19)20/h2-3,7-8,11,13,26H,4-6H2,1H3,(H,22,27)(H,28,29)/t11-,13+/m1/s1. The van der Waals surface area contributed by atoms with Crippen LogP contribution >= 0.6 is 0 Å². The number of nitrogens with zero attached hydrogens (tertiary/aromatic N) is 4. The van der Waals surface area contributed by atoms with Crippen molar-refractivity contribution in [3.8, 4) is 11.6 Å². The van der Waals surface area contributed by atoms with Crippen molar-refractivity contribution in [3.63, 3.8) is 0 Å². The number of hydrogen-bond donors (Lipinski definition) is 3. The number of methoxy groups -OCH3 is 1. The predicted octanol–water partition coefficient (Wildman–Crippen LogP) is 1.02. The maximum atomic E-state index is 12.7. The van der Waals surface area contributed by atoms with E-state index in [-0.39, 0.29) is 31.1 Å². The van der Waals surface area contributed by atoms with Crippen LogP contribution in [0.4, 0.5) is 18.0 Å². The molecular weight excluding hydrogens is 411 g/mol. The Labute approximate surface area is 167 Å². The first-order chi connectivity index (χ1) is 14.1. The number of rotatable bonds is 5. The van der Waals surface area contributed by atoms with Crippen molar-refractivity contribution in [2.45, 2.75) is 31.3 Å². The number of aliphatic hydroxyl groups is 1. The Morgan fingerprint density at radius 2 is 2.10 bits per heavy atom. The smallest absolute Gasteiger partial charge is 0.433 e. The normalized spacial score (nSPS) is 19.0. The van der Waals surface area contributed by atoms with Gasteiger partial charge in [-0.05, 0) is 18.6 Å². The average molecular weight is 429 g/mol. The van der Waals surface area contributed by atoms with Crippen LogP contribution in [0.5, 0.6) is 5.88 Å². The molecular formula is C17H18F3N5O5. The highest BCUT2D eigenvalue weighted by atomic mass is 19.4. The lowest BCUT2D eigenvalue weighted by atomic mass is 10.1. The summed E-state index contributed by atoms with van der Waals surface area (Å²) in [5.41, 5.74) is -0.418. The summed E-state index contributed by atoms with van der Waals surface area (Å²) in [7, 11) is 1.33. The number of amides is 2. The summed E-state index contributed by atoms with van der Waals surface area (Å²) in [5, 5.41) is 25.7. The lowest BCUT2D eigenvalue weighted by molar-refractivity contribution is -0.141. The lowest BCUT2D eigenvalue weighted by Gasteiger charge is -2.22. The third-order valence-electron chi connectivity index (χ3n) is 4.58. The second kappa shape index (κ2) is 8.18. The average Bonchev–Trinajstić information content (AvgIpc) is 3.29. The third-order valence-corrected chi connectivity index (χ3v) is 4.58. The zero-order chi connectivity index (χ0) is 22.1. The monoisotopic (exact) mass is 429 g/mol. The Morgan fingerprint density at radius 3 is 2.67 bits per heavy atom. The molecule has 0 radical (unpaired) electrons. The predicted molar refractivity (Wildman–Crippen MR) is 93.9 cm³/mol. The fourth-order valence-corrected chi connectivity index (χ4v) is 3.10. The largest absolute Gasteiger partial charge is 0.480 e. The fraction of sp³-hybridized carbons (Fsp3) is 0.412. The fourth-order valence-electron chi connectivity index (χ4n) is 3.10. The van der Waals surface area contributed by atoms with Gasteiger partial charge in [-0.1, -0.05) is 0 Å². The highest BCUT2D eigenvalue weighted by molar-refractivity contribution is 5.86. The summed E-state index contributed by atoms with van der Waals surface area (Å²) in [5.74, 6) is -0.578. The summed E-state index contributed by atoms with van der Waals surface area (Å²) in [4.78, 5) is 27.8. The number of nitrogens with one attached hydrogen (secondary N) is 1. The molecule has 2 atom stereocenters. The molecule has 3 N–H and O–H groups in total. The highest BCUT2D eigenvalue weighted by Gasteiger charge is 2.41. The second-order valence-electron chi connectivity index (χ2n) is 6.50. The molecule has 0 spiro atoms. The topological polar surface area (TPSA) is 130 Å². The molecule has 2 aromatic rings. The highest BCUT2D eigenvalue weighted by Crippen LogP contribution is 2.28. The number of ether oxygens (including phenoxy) is 1. The van der Waals surface area contributed by atoms with Gasteiger partial charge in [-0.3, -0.25) is 9.69 Å². The molecule has 13 heteroatoms. The van der Waals surface area contributed by atoms with Gasteiger partial charge in [-0.2, -0.15) is 13.2 Å². The molecule has 10 nitrogen and oxygen atoms in total. The quantitative estimate of drug-likeness (QED) is 0.647. The molecule has 1 aliphatic heterocycles. The summed E-state index contributed by atoms with van der Waals surface area (Å²) < 4.78 is 44.3. The van der Waals surface area contributed by atoms with E-state index >= 15 is 0 Å². The summed E-state index contributed by atoms with van der Waals surface area (Å²) in [6.07, 6.45) is -4.42. The van der Waals surface area contributed by atoms with E-state index < -0.39 is 36.0 Å². The molecule has 0 unspecified atom stereocenters. The van der Waals surface area contributed by atoms with Crippen LogP contribution in [-0.4, -0.2) is 67.7 Å². The minimum atomic E-state index is -4.57. The van der Waals surface area contributed by atoms with Gasteiger partial charge in [0.05, 0.1) is 30.7 Å². The Morgan fingerprint density at radius 1 is 1.37 bits per heavy atom. The molecule has 0 bridgehead atoms. The van der Waals surface area contributed by atoms with E-state index in [1.54, 1.807) is 0 Å². The van der Waals surface area contributed by atoms with Crippen LogP contribution in [0, 0.1) is 0 Å². The van der Waals surface area contributed by atoms with E-state index in [0.717, 1.165) is 17.2 Å². The van der Waals surface area contributed by atoms with Crippen LogP contribution in [0.25, 0.3) is 5.69 Å². The van der Waals surface area contributed by atoms with Crippen molar-refractivity contribution in [1.29, 1.82) is 0 Å². The van der Waals surface area contributed by atoms with Crippen LogP contribution in [0.15, 0.2) is 24.5 Å². The molecule has 0 aromatic carbocycles. The molecule has 2 amide bonds. The Kier molecular flexibility index (Phi) is 5.82. The van der Waals surface area contributed by atoms with Gasteiger partial charge in [0.2, 0.25) is 11.8 Å². The molecule has 0 saturated carbocycles. The number of aliphatic hydroxyl groups excluding tert-OH is 1. The van der Waals surface area contributed by atoms with Gasteiger partial charge in [0.1, 0.15) is 11.7 Å². The van der Waals surface area contributed by atoms with Gasteiger partial charge >= 0.3 is 12.3 Å². The van der Waals surface area contributed by atoms with Gasteiger partial charge in [0, 0.05) is 19.3 Å². The molecule has 30 heavy (non-hydrogen) atoms. The van der Waals surface area contributed by atoms with Crippen molar-refractivity contribution in [3.05, 3.63) is 35.8 Å². The maximum Gasteiger partial charge on any atom is 0.433 e. The molecule has 3 heterocycles. The first-order valence-corrected chi connectivity index (χ1v) is 8.73. The van der Waals surface area contributed by atoms with Crippen molar-refractivity contribution in [2.75, 3.05) is 13.7 Å². The number of pyridine rings is 1. The van der Waals surface area contributed by atoms with Gasteiger partial charge < -0.3 is 20.3 Å². The number of likely N-dealkylation sites (tertiary alicyclic amines) is 1. The number of aromatic nitrogens is 3. The van der Waals surface area contributed by atoms with Crippen LogP contribution in [0.2, 0.25) is 0 Å². The molecule has 2 aromatic heterocycles. The number of alkyl halides is 3. The maximum absolute atomic E-state index is 12.7. The third kappa shape index (κ3) is 4.30. The number of carbonyl (C=O) groups is 2. The zero-order valence-electron chi connectivity index (χ0n) is 15.6. The van der Waals surface area contributed by atoms with E-state index in [4.69, 9.17) is 9.84 Å².